The SMILES string of the molecule is Cc1cc(C)n(-c2nc(CCNS(=O)(=O)c3ccc4ccccc4c3)cs2)n1. The quantitative estimate of drug-likeness (QED) is 0.525. The van der Waals surface area contributed by atoms with Crippen LogP contribution in [-0.2, 0) is 16.4 Å². The summed E-state index contributed by atoms with van der Waals surface area (Å²) in [5.74, 6) is 0. The Labute approximate surface area is 167 Å². The van der Waals surface area contributed by atoms with E-state index in [9.17, 15) is 8.42 Å². The van der Waals surface area contributed by atoms with E-state index in [1.54, 1.807) is 12.1 Å². The first-order chi connectivity index (χ1) is 13.4. The zero-order chi connectivity index (χ0) is 19.7. The van der Waals surface area contributed by atoms with E-state index in [0.29, 0.717) is 6.42 Å². The van der Waals surface area contributed by atoms with Crippen molar-refractivity contribution in [3.05, 3.63) is 71.0 Å². The van der Waals surface area contributed by atoms with E-state index in [2.05, 4.69) is 14.8 Å². The standard InChI is InChI=1S/C20H20N4O2S2/c1-14-11-15(2)24(23-14)20-22-18(13-27-20)9-10-21-28(25,26)19-8-7-16-5-3-4-6-17(16)12-19/h3-8,11-13,21H,9-10H2,1-2H3. The number of sulfonamides is 1. The van der Waals surface area contributed by atoms with Gasteiger partial charge in [0.15, 0.2) is 0 Å². The van der Waals surface area contributed by atoms with Crippen LogP contribution in [-0.4, -0.2) is 29.7 Å². The van der Waals surface area contributed by atoms with Crippen LogP contribution < -0.4 is 4.72 Å². The number of nitrogens with one attached hydrogen (secondary N) is 1. The fourth-order valence-corrected chi connectivity index (χ4v) is 5.00. The molecule has 0 saturated heterocycles. The minimum atomic E-state index is -3.56. The van der Waals surface area contributed by atoms with Gasteiger partial charge in [-0.2, -0.15) is 5.10 Å². The summed E-state index contributed by atoms with van der Waals surface area (Å²) in [7, 11) is -3.56. The first kappa shape index (κ1) is 18.8. The molecule has 4 aromatic rings. The summed E-state index contributed by atoms with van der Waals surface area (Å²) in [5.41, 5.74) is 2.81. The van der Waals surface area contributed by atoms with Crippen LogP contribution in [0.5, 0.6) is 0 Å². The molecule has 0 fully saturated rings. The number of nitrogens with zero attached hydrogens (tertiary/aromatic N) is 3. The lowest BCUT2D eigenvalue weighted by atomic mass is 10.1. The molecule has 4 rings (SSSR count). The van der Waals surface area contributed by atoms with E-state index in [-0.39, 0.29) is 11.4 Å². The van der Waals surface area contributed by atoms with Crippen LogP contribution in [0.25, 0.3) is 15.9 Å². The summed E-state index contributed by atoms with van der Waals surface area (Å²) in [6, 6.07) is 14.9. The second-order valence-electron chi connectivity index (χ2n) is 6.62. The van der Waals surface area contributed by atoms with E-state index in [0.717, 1.165) is 33.0 Å². The van der Waals surface area contributed by atoms with Gasteiger partial charge in [0.05, 0.1) is 16.3 Å². The average molecular weight is 413 g/mol. The summed E-state index contributed by atoms with van der Waals surface area (Å²) in [4.78, 5) is 4.84. The van der Waals surface area contributed by atoms with Crippen molar-refractivity contribution in [2.24, 2.45) is 0 Å². The molecule has 28 heavy (non-hydrogen) atoms. The predicted octanol–water partition coefficient (Wildman–Crippen LogP) is 3.62. The third-order valence-corrected chi connectivity index (χ3v) is 6.76. The summed E-state index contributed by atoms with van der Waals surface area (Å²) in [6.07, 6.45) is 0.516. The normalized spacial score (nSPS) is 11.9. The second kappa shape index (κ2) is 7.46. The Morgan fingerprint density at radius 2 is 1.86 bits per heavy atom. The van der Waals surface area contributed by atoms with Gasteiger partial charge in [0.2, 0.25) is 15.2 Å². The fourth-order valence-electron chi connectivity index (χ4n) is 3.06. The molecule has 0 amide bonds. The topological polar surface area (TPSA) is 76.9 Å². The highest BCUT2D eigenvalue weighted by Gasteiger charge is 2.15. The van der Waals surface area contributed by atoms with Crippen molar-refractivity contribution in [3.63, 3.8) is 0 Å². The van der Waals surface area contributed by atoms with E-state index in [1.165, 1.54) is 11.3 Å². The lowest BCUT2D eigenvalue weighted by Gasteiger charge is -2.07. The largest absolute Gasteiger partial charge is 0.240 e. The van der Waals surface area contributed by atoms with Crippen LogP contribution in [0.2, 0.25) is 0 Å². The summed E-state index contributed by atoms with van der Waals surface area (Å²) >= 11 is 1.50. The Morgan fingerprint density at radius 1 is 1.07 bits per heavy atom. The van der Waals surface area contributed by atoms with Gasteiger partial charge < -0.3 is 0 Å². The first-order valence-electron chi connectivity index (χ1n) is 8.89. The molecule has 6 nitrogen and oxygen atoms in total. The van der Waals surface area contributed by atoms with E-state index < -0.39 is 10.0 Å². The van der Waals surface area contributed by atoms with Crippen LogP contribution in [0.1, 0.15) is 17.1 Å². The maximum absolute atomic E-state index is 12.6. The smallest absolute Gasteiger partial charge is 0.223 e. The van der Waals surface area contributed by atoms with Crippen molar-refractivity contribution in [1.82, 2.24) is 19.5 Å². The van der Waals surface area contributed by atoms with Crippen molar-refractivity contribution in [1.29, 1.82) is 0 Å². The third-order valence-electron chi connectivity index (χ3n) is 4.43. The highest BCUT2D eigenvalue weighted by molar-refractivity contribution is 7.89. The average Bonchev–Trinajstić information content (AvgIpc) is 3.27. The molecular formula is C20H20N4O2S2. The van der Waals surface area contributed by atoms with Gasteiger partial charge >= 0.3 is 0 Å². The molecule has 0 unspecified atom stereocenters. The Kier molecular flexibility index (Phi) is 5.01. The fraction of sp³-hybridized carbons (Fsp3) is 0.200. The van der Waals surface area contributed by atoms with Crippen LogP contribution in [0.3, 0.4) is 0 Å². The summed E-state index contributed by atoms with van der Waals surface area (Å²) in [6.45, 7) is 4.22. The van der Waals surface area contributed by atoms with E-state index >= 15 is 0 Å². The molecule has 0 atom stereocenters. The Hall–Kier alpha value is -2.55. The third kappa shape index (κ3) is 3.84. The van der Waals surface area contributed by atoms with Crippen LogP contribution >= 0.6 is 11.3 Å². The number of aromatic nitrogens is 3. The summed E-state index contributed by atoms with van der Waals surface area (Å²) in [5, 5.41) is 9.08. The lowest BCUT2D eigenvalue weighted by Crippen LogP contribution is -2.26. The number of rotatable bonds is 6. The number of hydrogen-bond acceptors (Lipinski definition) is 5. The molecule has 2 heterocycles. The zero-order valence-corrected chi connectivity index (χ0v) is 17.2. The molecule has 0 saturated carbocycles. The van der Waals surface area contributed by atoms with E-state index in [1.807, 2.05) is 60.3 Å². The predicted molar refractivity (Wildman–Crippen MR) is 112 cm³/mol. The molecule has 0 bridgehead atoms. The van der Waals surface area contributed by atoms with Crippen molar-refractivity contribution in [2.45, 2.75) is 25.2 Å². The minimum Gasteiger partial charge on any atom is -0.223 e. The van der Waals surface area contributed by atoms with E-state index in [4.69, 9.17) is 0 Å². The van der Waals surface area contributed by atoms with Crippen molar-refractivity contribution < 1.29 is 8.42 Å². The molecular weight excluding hydrogens is 392 g/mol. The van der Waals surface area contributed by atoms with Gasteiger partial charge in [-0.1, -0.05) is 30.3 Å². The highest BCUT2D eigenvalue weighted by Crippen LogP contribution is 2.20. The Bertz CT molecular complexity index is 1240. The van der Waals surface area contributed by atoms with Crippen molar-refractivity contribution >= 4 is 32.1 Å². The summed E-state index contributed by atoms with van der Waals surface area (Å²) < 4.78 is 29.7. The zero-order valence-electron chi connectivity index (χ0n) is 15.6. The number of aryl methyl sites for hydroxylation is 2. The number of thiazole rings is 1. The van der Waals surface area contributed by atoms with Gasteiger partial charge in [-0.15, -0.1) is 11.3 Å². The van der Waals surface area contributed by atoms with Gasteiger partial charge in [-0.05, 0) is 42.8 Å². The van der Waals surface area contributed by atoms with Crippen LogP contribution in [0.15, 0.2) is 58.8 Å². The second-order valence-corrected chi connectivity index (χ2v) is 9.22. The molecule has 0 aliphatic rings. The van der Waals surface area contributed by atoms with Gasteiger partial charge in [0, 0.05) is 24.0 Å². The molecule has 0 aliphatic carbocycles. The van der Waals surface area contributed by atoms with Crippen molar-refractivity contribution in [3.8, 4) is 5.13 Å². The first-order valence-corrected chi connectivity index (χ1v) is 11.3. The molecule has 8 heteroatoms. The van der Waals surface area contributed by atoms with Crippen molar-refractivity contribution in [2.75, 3.05) is 6.54 Å². The Morgan fingerprint density at radius 3 is 2.61 bits per heavy atom. The molecule has 2 aromatic heterocycles. The molecule has 2 aromatic carbocycles. The van der Waals surface area contributed by atoms with Gasteiger partial charge in [-0.3, -0.25) is 0 Å². The molecule has 0 spiro atoms. The molecule has 144 valence electrons. The number of fused-ring (bicyclic) bond motifs is 1. The molecule has 0 radical (unpaired) electrons. The lowest BCUT2D eigenvalue weighted by molar-refractivity contribution is 0.581. The number of hydrogen-bond donors (Lipinski definition) is 1. The highest BCUT2D eigenvalue weighted by atomic mass is 32.2. The van der Waals surface area contributed by atoms with Crippen LogP contribution in [0.4, 0.5) is 0 Å². The molecule has 0 aliphatic heterocycles. The maximum Gasteiger partial charge on any atom is 0.240 e. The van der Waals surface area contributed by atoms with Gasteiger partial charge in [0.1, 0.15) is 0 Å². The molecule has 1 N–H and O–H groups in total. The minimum absolute atomic E-state index is 0.271. The monoisotopic (exact) mass is 412 g/mol. The van der Waals surface area contributed by atoms with Gasteiger partial charge in [-0.25, -0.2) is 22.8 Å². The van der Waals surface area contributed by atoms with Gasteiger partial charge in [0.25, 0.3) is 0 Å². The maximum atomic E-state index is 12.6. The number of benzene rings is 2. The Balaban J connectivity index is 1.43. The van der Waals surface area contributed by atoms with Crippen LogP contribution in [0, 0.1) is 13.8 Å².